The minimum absolute atomic E-state index is 0.558. The molecule has 0 bridgehead atoms. The van der Waals surface area contributed by atoms with Crippen molar-refractivity contribution in [1.29, 1.82) is 0 Å². The van der Waals surface area contributed by atoms with E-state index in [4.69, 9.17) is 4.52 Å². The van der Waals surface area contributed by atoms with E-state index in [1.54, 1.807) is 0 Å². The summed E-state index contributed by atoms with van der Waals surface area (Å²) in [6.07, 6.45) is 0. The van der Waals surface area contributed by atoms with Gasteiger partial charge in [0.05, 0.1) is 12.2 Å². The zero-order valence-electron chi connectivity index (χ0n) is 10.8. The van der Waals surface area contributed by atoms with Crippen molar-refractivity contribution in [3.63, 3.8) is 0 Å². The molecule has 6 heteroatoms. The van der Waals surface area contributed by atoms with Gasteiger partial charge in [0.1, 0.15) is 5.82 Å². The van der Waals surface area contributed by atoms with Crippen molar-refractivity contribution in [2.24, 2.45) is 0 Å². The number of aromatic nitrogens is 3. The number of nitrogens with one attached hydrogen (secondary N) is 2. The van der Waals surface area contributed by atoms with Gasteiger partial charge in [0.15, 0.2) is 5.76 Å². The molecule has 18 heavy (non-hydrogen) atoms. The molecule has 0 aliphatic heterocycles. The van der Waals surface area contributed by atoms with Gasteiger partial charge in [-0.1, -0.05) is 5.16 Å². The molecule has 0 fully saturated rings. The molecular formula is C12H17N5O. The fourth-order valence-electron chi connectivity index (χ4n) is 1.57. The largest absolute Gasteiger partial charge is 0.363 e. The first-order valence-corrected chi connectivity index (χ1v) is 5.93. The highest BCUT2D eigenvalue weighted by atomic mass is 16.5. The molecule has 0 aliphatic carbocycles. The van der Waals surface area contributed by atoms with Crippen molar-refractivity contribution >= 4 is 11.8 Å². The maximum atomic E-state index is 5.12. The molecule has 0 saturated carbocycles. The molecule has 0 aromatic carbocycles. The van der Waals surface area contributed by atoms with E-state index in [-0.39, 0.29) is 0 Å². The van der Waals surface area contributed by atoms with Gasteiger partial charge >= 0.3 is 0 Å². The topological polar surface area (TPSA) is 75.9 Å². The molecule has 0 saturated heterocycles. The zero-order chi connectivity index (χ0) is 13.0. The summed E-state index contributed by atoms with van der Waals surface area (Å²) in [7, 11) is 0. The van der Waals surface area contributed by atoms with Crippen LogP contribution in [0.15, 0.2) is 16.7 Å². The quantitative estimate of drug-likeness (QED) is 0.843. The number of anilines is 2. The van der Waals surface area contributed by atoms with Gasteiger partial charge in [0, 0.05) is 24.4 Å². The van der Waals surface area contributed by atoms with Crippen LogP contribution in [-0.2, 0) is 6.54 Å². The first kappa shape index (κ1) is 12.3. The number of hydrogen-bond donors (Lipinski definition) is 2. The van der Waals surface area contributed by atoms with E-state index >= 15 is 0 Å². The van der Waals surface area contributed by atoms with Crippen LogP contribution in [0.1, 0.15) is 24.1 Å². The second-order valence-corrected chi connectivity index (χ2v) is 4.04. The molecular weight excluding hydrogens is 230 g/mol. The fraction of sp³-hybridized carbons (Fsp3) is 0.417. The summed E-state index contributed by atoms with van der Waals surface area (Å²) in [5.74, 6) is 2.19. The summed E-state index contributed by atoms with van der Waals surface area (Å²) in [6.45, 7) is 7.19. The second kappa shape index (κ2) is 5.48. The van der Waals surface area contributed by atoms with Crippen molar-refractivity contribution in [2.45, 2.75) is 27.3 Å². The monoisotopic (exact) mass is 247 g/mol. The Hall–Kier alpha value is -2.11. The van der Waals surface area contributed by atoms with Gasteiger partial charge in [-0.05, 0) is 20.8 Å². The number of rotatable bonds is 5. The molecule has 0 atom stereocenters. The molecule has 0 amide bonds. The highest BCUT2D eigenvalue weighted by Gasteiger charge is 2.03. The van der Waals surface area contributed by atoms with Crippen LogP contribution in [0, 0.1) is 13.8 Å². The molecule has 2 rings (SSSR count). The van der Waals surface area contributed by atoms with E-state index < -0.39 is 0 Å². The Morgan fingerprint density at radius 2 is 1.94 bits per heavy atom. The van der Waals surface area contributed by atoms with E-state index in [2.05, 4.69) is 25.8 Å². The Bertz CT molecular complexity index is 523. The van der Waals surface area contributed by atoms with Crippen molar-refractivity contribution in [3.8, 4) is 0 Å². The summed E-state index contributed by atoms with van der Waals surface area (Å²) in [5, 5.41) is 10.1. The van der Waals surface area contributed by atoms with E-state index in [1.807, 2.05) is 32.9 Å². The Kier molecular flexibility index (Phi) is 3.76. The minimum Gasteiger partial charge on any atom is -0.363 e. The van der Waals surface area contributed by atoms with Crippen LogP contribution in [-0.4, -0.2) is 21.7 Å². The average Bonchev–Trinajstić information content (AvgIpc) is 2.72. The molecule has 2 aromatic rings. The molecule has 6 nitrogen and oxygen atoms in total. The third-order valence-corrected chi connectivity index (χ3v) is 2.31. The number of nitrogens with zero attached hydrogens (tertiary/aromatic N) is 3. The van der Waals surface area contributed by atoms with Crippen LogP contribution in [0.25, 0.3) is 0 Å². The molecule has 0 spiro atoms. The lowest BCUT2D eigenvalue weighted by Gasteiger charge is -2.07. The lowest BCUT2D eigenvalue weighted by atomic mass is 10.3. The molecule has 0 aliphatic rings. The van der Waals surface area contributed by atoms with Crippen LogP contribution in [0.2, 0.25) is 0 Å². The third-order valence-electron chi connectivity index (χ3n) is 2.31. The normalized spacial score (nSPS) is 10.4. The molecule has 2 N–H and O–H groups in total. The third kappa shape index (κ3) is 3.19. The molecule has 2 heterocycles. The van der Waals surface area contributed by atoms with E-state index in [0.29, 0.717) is 12.5 Å². The standard InChI is InChI=1S/C12H17N5O/c1-4-13-12-15-8(2)6-11(16-12)14-7-10-5-9(3)17-18-10/h5-6H,4,7H2,1-3H3,(H2,13,14,15,16). The van der Waals surface area contributed by atoms with Gasteiger partial charge in [-0.25, -0.2) is 4.98 Å². The Labute approximate surface area is 106 Å². The van der Waals surface area contributed by atoms with Crippen LogP contribution in [0.5, 0.6) is 0 Å². The van der Waals surface area contributed by atoms with Gasteiger partial charge in [-0.15, -0.1) is 0 Å². The summed E-state index contributed by atoms with van der Waals surface area (Å²) in [4.78, 5) is 8.63. The maximum Gasteiger partial charge on any atom is 0.224 e. The van der Waals surface area contributed by atoms with E-state index in [0.717, 1.165) is 29.5 Å². The second-order valence-electron chi connectivity index (χ2n) is 4.04. The molecule has 96 valence electrons. The van der Waals surface area contributed by atoms with E-state index in [1.165, 1.54) is 0 Å². The summed E-state index contributed by atoms with van der Waals surface area (Å²) >= 11 is 0. The highest BCUT2D eigenvalue weighted by Crippen LogP contribution is 2.11. The van der Waals surface area contributed by atoms with Gasteiger partial charge in [-0.2, -0.15) is 4.98 Å². The van der Waals surface area contributed by atoms with Crippen molar-refractivity contribution in [1.82, 2.24) is 15.1 Å². The fourth-order valence-corrected chi connectivity index (χ4v) is 1.57. The lowest BCUT2D eigenvalue weighted by Crippen LogP contribution is -2.07. The predicted molar refractivity (Wildman–Crippen MR) is 69.5 cm³/mol. The van der Waals surface area contributed by atoms with Crippen LogP contribution >= 0.6 is 0 Å². The van der Waals surface area contributed by atoms with Gasteiger partial charge in [0.2, 0.25) is 5.95 Å². The summed E-state index contributed by atoms with van der Waals surface area (Å²) < 4.78 is 5.12. The smallest absolute Gasteiger partial charge is 0.224 e. The minimum atomic E-state index is 0.558. The Morgan fingerprint density at radius 1 is 1.11 bits per heavy atom. The first-order chi connectivity index (χ1) is 8.67. The van der Waals surface area contributed by atoms with Crippen molar-refractivity contribution in [2.75, 3.05) is 17.2 Å². The number of aryl methyl sites for hydroxylation is 2. The Morgan fingerprint density at radius 3 is 2.61 bits per heavy atom. The van der Waals surface area contributed by atoms with Crippen LogP contribution < -0.4 is 10.6 Å². The Balaban J connectivity index is 2.04. The number of hydrogen-bond acceptors (Lipinski definition) is 6. The predicted octanol–water partition coefficient (Wildman–Crippen LogP) is 2.13. The molecule has 2 aromatic heterocycles. The first-order valence-electron chi connectivity index (χ1n) is 5.93. The van der Waals surface area contributed by atoms with Gasteiger partial charge in [-0.3, -0.25) is 0 Å². The summed E-state index contributed by atoms with van der Waals surface area (Å²) in [6, 6.07) is 3.79. The highest BCUT2D eigenvalue weighted by molar-refractivity contribution is 5.42. The van der Waals surface area contributed by atoms with Crippen LogP contribution in [0.4, 0.5) is 11.8 Å². The average molecular weight is 247 g/mol. The van der Waals surface area contributed by atoms with Crippen molar-refractivity contribution < 1.29 is 4.52 Å². The van der Waals surface area contributed by atoms with E-state index in [9.17, 15) is 0 Å². The lowest BCUT2D eigenvalue weighted by molar-refractivity contribution is 0.384. The zero-order valence-corrected chi connectivity index (χ0v) is 10.8. The van der Waals surface area contributed by atoms with Gasteiger partial charge in [0.25, 0.3) is 0 Å². The SMILES string of the molecule is CCNc1nc(C)cc(NCc2cc(C)no2)n1. The van der Waals surface area contributed by atoms with Crippen molar-refractivity contribution in [3.05, 3.63) is 29.3 Å². The summed E-state index contributed by atoms with van der Waals surface area (Å²) in [5.41, 5.74) is 1.79. The molecule has 0 unspecified atom stereocenters. The van der Waals surface area contributed by atoms with Gasteiger partial charge < -0.3 is 15.2 Å². The van der Waals surface area contributed by atoms with Crippen LogP contribution in [0.3, 0.4) is 0 Å². The maximum absolute atomic E-state index is 5.12. The molecule has 0 radical (unpaired) electrons.